The smallest absolute Gasteiger partial charge is 0.368 e. The molecule has 4 rings (SSSR count). The summed E-state index contributed by atoms with van der Waals surface area (Å²) in [5.41, 5.74) is 6.68. The first-order valence-electron chi connectivity index (χ1n) is 17.8. The van der Waals surface area contributed by atoms with Crippen LogP contribution in [0.5, 0.6) is 0 Å². The van der Waals surface area contributed by atoms with Crippen LogP contribution in [0.4, 0.5) is 0 Å². The number of fused-ring (bicyclic) bond motifs is 1. The van der Waals surface area contributed by atoms with E-state index in [4.69, 9.17) is 5.73 Å². The van der Waals surface area contributed by atoms with Crippen LogP contribution >= 0.6 is 0 Å². The number of carbonyl (C=O) groups is 6. The minimum Gasteiger partial charge on any atom is -0.368 e. The summed E-state index contributed by atoms with van der Waals surface area (Å²) in [6.07, 6.45) is 5.22. The van der Waals surface area contributed by atoms with Crippen molar-refractivity contribution in [2.45, 2.75) is 82.5 Å². The van der Waals surface area contributed by atoms with Crippen molar-refractivity contribution in [2.24, 2.45) is 11.7 Å². The summed E-state index contributed by atoms with van der Waals surface area (Å²) in [6.45, 7) is 1.16. The minimum atomic E-state index is -1.25. The third-order valence-electron chi connectivity index (χ3n) is 9.28. The summed E-state index contributed by atoms with van der Waals surface area (Å²) >= 11 is 0. The summed E-state index contributed by atoms with van der Waals surface area (Å²) < 4.78 is 11.2. The molecule has 0 saturated heterocycles. The summed E-state index contributed by atoms with van der Waals surface area (Å²) in [5.74, 6) is -4.73. The standard InChI is InChI=1S/C38H47BN6O7/c1-2-11-29(34(47)38(51)41-22-31(46)45-32(35(40)48)26-13-5-3-6-14-26)43-36(49)30(21-24-18-19-25-12-9-10-17-28(25)20-24)44-37(50)33(42-23-39-52)27-15-7-4-8-16-27/h3,5-6,9-10,12-14,17-20,27,29-30,32-33,42H,2,4,7-8,11,15-16,21-23H2,1H3,(H2,40,48)(H,41,51)(H,43,49)(H,44,50)(H,45,46)/t29?,30-,32-,33-/m0/s1. The molecule has 0 aromatic heterocycles. The number of amides is 5. The van der Waals surface area contributed by atoms with Crippen molar-refractivity contribution >= 4 is 53.2 Å². The molecule has 0 radical (unpaired) electrons. The molecule has 4 atom stereocenters. The summed E-state index contributed by atoms with van der Waals surface area (Å²) in [4.78, 5) is 78.7. The zero-order chi connectivity index (χ0) is 37.5. The first kappa shape index (κ1) is 39.5. The Morgan fingerprint density at radius 1 is 0.808 bits per heavy atom. The van der Waals surface area contributed by atoms with E-state index in [0.717, 1.165) is 48.4 Å². The Morgan fingerprint density at radius 3 is 2.15 bits per heavy atom. The second kappa shape index (κ2) is 20.0. The van der Waals surface area contributed by atoms with Crippen LogP contribution in [0.25, 0.3) is 10.8 Å². The predicted octanol–water partition coefficient (Wildman–Crippen LogP) is 1.73. The quantitative estimate of drug-likeness (QED) is 0.0797. The zero-order valence-electron chi connectivity index (χ0n) is 29.4. The van der Waals surface area contributed by atoms with Gasteiger partial charge in [0.15, 0.2) is 0 Å². The van der Waals surface area contributed by atoms with E-state index in [2.05, 4.69) is 26.6 Å². The number of Topliss-reactive ketones (excluding diaryl/α,β-unsaturated/α-hetero) is 1. The minimum absolute atomic E-state index is 0.0145. The molecule has 3 aromatic rings. The molecule has 1 aliphatic carbocycles. The fourth-order valence-corrected chi connectivity index (χ4v) is 6.60. The molecule has 3 aromatic carbocycles. The van der Waals surface area contributed by atoms with Crippen molar-refractivity contribution in [1.82, 2.24) is 26.6 Å². The SMILES string of the molecule is CCCC(NC(=O)[C@H](Cc1ccc2ccccc2c1)NC(=O)[C@@H](NCB=O)C1CCCCC1)C(=O)C(=O)NCC(=O)N[C@H](C(N)=O)c1ccccc1. The average Bonchev–Trinajstić information content (AvgIpc) is 3.16. The monoisotopic (exact) mass is 710 g/mol. The molecule has 7 N–H and O–H groups in total. The van der Waals surface area contributed by atoms with Crippen LogP contribution < -0.4 is 32.3 Å². The molecule has 52 heavy (non-hydrogen) atoms. The van der Waals surface area contributed by atoms with Gasteiger partial charge >= 0.3 is 217 Å². The zero-order valence-corrected chi connectivity index (χ0v) is 29.4. The van der Waals surface area contributed by atoms with Gasteiger partial charge < -0.3 is 11.1 Å². The van der Waals surface area contributed by atoms with E-state index in [1.165, 1.54) is 0 Å². The fraction of sp³-hybridized carbons (Fsp3) is 0.421. The molecule has 1 fully saturated rings. The molecule has 1 saturated carbocycles. The van der Waals surface area contributed by atoms with E-state index in [1.54, 1.807) is 37.3 Å². The third kappa shape index (κ3) is 11.4. The maximum atomic E-state index is 14.0. The molecule has 1 unspecified atom stereocenters. The topological polar surface area (TPSA) is 206 Å². The number of benzene rings is 3. The average molecular weight is 711 g/mol. The normalized spacial score (nSPS) is 15.2. The van der Waals surface area contributed by atoms with Gasteiger partial charge in [0.2, 0.25) is 11.8 Å². The Balaban J connectivity index is 1.48. The van der Waals surface area contributed by atoms with Crippen LogP contribution in [0.15, 0.2) is 72.8 Å². The van der Waals surface area contributed by atoms with Crippen LogP contribution in [0.3, 0.4) is 0 Å². The molecule has 0 bridgehead atoms. The number of nitrogens with two attached hydrogens (primary N) is 1. The van der Waals surface area contributed by atoms with E-state index in [1.807, 2.05) is 42.5 Å². The summed E-state index contributed by atoms with van der Waals surface area (Å²) in [5, 5.41) is 15.3. The Labute approximate surface area is 303 Å². The van der Waals surface area contributed by atoms with Crippen molar-refractivity contribution < 1.29 is 33.5 Å². The van der Waals surface area contributed by atoms with Crippen molar-refractivity contribution in [1.29, 1.82) is 0 Å². The number of nitrogens with one attached hydrogen (secondary N) is 5. The molecule has 0 spiro atoms. The number of rotatable bonds is 19. The van der Waals surface area contributed by atoms with Gasteiger partial charge in [0.05, 0.1) is 6.54 Å². The van der Waals surface area contributed by atoms with Gasteiger partial charge in [0, 0.05) is 0 Å². The Morgan fingerprint density at radius 2 is 1.48 bits per heavy atom. The fourth-order valence-electron chi connectivity index (χ4n) is 6.60. The number of hydrogen-bond donors (Lipinski definition) is 6. The van der Waals surface area contributed by atoms with Gasteiger partial charge in [-0.05, 0) is 5.56 Å². The second-order valence-corrected chi connectivity index (χ2v) is 13.1. The second-order valence-electron chi connectivity index (χ2n) is 13.1. The summed E-state index contributed by atoms with van der Waals surface area (Å²) in [6, 6.07) is 17.6. The first-order chi connectivity index (χ1) is 25.1. The van der Waals surface area contributed by atoms with Gasteiger partial charge in [0.25, 0.3) is 0 Å². The van der Waals surface area contributed by atoms with Crippen molar-refractivity contribution in [3.8, 4) is 0 Å². The molecule has 0 heterocycles. The number of carbonyl (C=O) groups excluding carboxylic acids is 6. The van der Waals surface area contributed by atoms with Gasteiger partial charge in [-0.25, -0.2) is 0 Å². The molecular formula is C38H47BN6O7. The van der Waals surface area contributed by atoms with E-state index in [-0.39, 0.29) is 25.2 Å². The Hall–Kier alpha value is -5.24. The number of primary amides is 1. The predicted molar refractivity (Wildman–Crippen MR) is 196 cm³/mol. The van der Waals surface area contributed by atoms with Gasteiger partial charge in [-0.15, -0.1) is 0 Å². The number of hydrogen-bond acceptors (Lipinski definition) is 8. The molecule has 14 heteroatoms. The molecule has 5 amide bonds. The Kier molecular flexibility index (Phi) is 15.2. The Bertz CT molecular complexity index is 1730. The van der Waals surface area contributed by atoms with Crippen LogP contribution in [0, 0.1) is 5.92 Å². The summed E-state index contributed by atoms with van der Waals surface area (Å²) in [7, 11) is 0.692. The van der Waals surface area contributed by atoms with Crippen LogP contribution in [0.1, 0.15) is 69.0 Å². The van der Waals surface area contributed by atoms with Crippen molar-refractivity contribution in [2.75, 3.05) is 13.0 Å². The van der Waals surface area contributed by atoms with Gasteiger partial charge in [-0.1, -0.05) is 36.4 Å². The number of ketones is 1. The first-order valence-corrected chi connectivity index (χ1v) is 17.8. The molecule has 0 aliphatic heterocycles. The van der Waals surface area contributed by atoms with E-state index < -0.39 is 66.0 Å². The molecule has 274 valence electrons. The van der Waals surface area contributed by atoms with Crippen LogP contribution in [-0.4, -0.2) is 73.6 Å². The van der Waals surface area contributed by atoms with E-state index in [9.17, 15) is 33.5 Å². The van der Waals surface area contributed by atoms with Crippen molar-refractivity contribution in [3.63, 3.8) is 0 Å². The molecular weight excluding hydrogens is 663 g/mol. The maximum absolute atomic E-state index is 14.0. The van der Waals surface area contributed by atoms with Gasteiger partial charge in [0.1, 0.15) is 6.04 Å². The van der Waals surface area contributed by atoms with Crippen LogP contribution in [-0.2, 0) is 39.9 Å². The van der Waals surface area contributed by atoms with Crippen molar-refractivity contribution in [3.05, 3.63) is 83.9 Å². The van der Waals surface area contributed by atoms with Crippen LogP contribution in [0.2, 0.25) is 0 Å². The van der Waals surface area contributed by atoms with E-state index >= 15 is 0 Å². The van der Waals surface area contributed by atoms with Gasteiger partial charge in [-0.2, -0.15) is 0 Å². The van der Waals surface area contributed by atoms with E-state index in [0.29, 0.717) is 19.1 Å². The third-order valence-corrected chi connectivity index (χ3v) is 9.28. The van der Waals surface area contributed by atoms with Gasteiger partial charge in [-0.3, -0.25) is 9.59 Å². The molecule has 1 aliphatic rings. The molecule has 13 nitrogen and oxygen atoms in total.